The monoisotopic (exact) mass is 348 g/mol. The molecule has 2 atom stereocenters. The van der Waals surface area contributed by atoms with Crippen molar-refractivity contribution in [2.45, 2.75) is 51.1 Å². The minimum atomic E-state index is 0.106. The Morgan fingerprint density at radius 3 is 2.83 bits per heavy atom. The minimum absolute atomic E-state index is 0.106. The molecule has 0 spiro atoms. The van der Waals surface area contributed by atoms with E-state index in [-0.39, 0.29) is 11.1 Å². The van der Waals surface area contributed by atoms with E-state index in [2.05, 4.69) is 13.0 Å². The summed E-state index contributed by atoms with van der Waals surface area (Å²) in [6.45, 7) is 4.11. The molecule has 130 valence electrons. The number of furan rings is 1. The Balaban J connectivity index is 1.34. The molecule has 3 aliphatic rings. The standard InChI is InChI=1S/C18H24N2O3S/c1-12-10-15(12)16-5-4-14(23-16)11-20(13-2-3-13)17(21)6-7-19-8-9-24-18(19)22/h4-5,12-13,15H,2-3,6-11H2,1H3/t12-,15+/m1/s1. The Morgan fingerprint density at radius 1 is 1.42 bits per heavy atom. The van der Waals surface area contributed by atoms with Crippen LogP contribution in [0.4, 0.5) is 4.79 Å². The number of hydrogen-bond donors (Lipinski definition) is 0. The van der Waals surface area contributed by atoms with Crippen molar-refractivity contribution in [2.75, 3.05) is 18.8 Å². The molecule has 2 heterocycles. The average molecular weight is 348 g/mol. The van der Waals surface area contributed by atoms with Gasteiger partial charge in [-0.25, -0.2) is 0 Å². The zero-order valence-electron chi connectivity index (χ0n) is 14.1. The topological polar surface area (TPSA) is 53.8 Å². The van der Waals surface area contributed by atoms with E-state index < -0.39 is 0 Å². The van der Waals surface area contributed by atoms with Gasteiger partial charge in [0.25, 0.3) is 5.24 Å². The molecule has 1 aliphatic heterocycles. The highest BCUT2D eigenvalue weighted by Crippen LogP contribution is 2.47. The van der Waals surface area contributed by atoms with E-state index in [0.29, 0.717) is 31.5 Å². The van der Waals surface area contributed by atoms with Crippen LogP contribution in [0.5, 0.6) is 0 Å². The van der Waals surface area contributed by atoms with Crippen molar-refractivity contribution in [1.29, 1.82) is 0 Å². The quantitative estimate of drug-likeness (QED) is 0.757. The van der Waals surface area contributed by atoms with Crippen molar-refractivity contribution < 1.29 is 14.0 Å². The average Bonchev–Trinajstić information content (AvgIpc) is 3.45. The Morgan fingerprint density at radius 2 is 2.21 bits per heavy atom. The summed E-state index contributed by atoms with van der Waals surface area (Å²) in [5, 5.41) is 0.106. The van der Waals surface area contributed by atoms with Crippen LogP contribution in [-0.4, -0.2) is 45.8 Å². The second-order valence-corrected chi connectivity index (χ2v) is 8.27. The van der Waals surface area contributed by atoms with Gasteiger partial charge < -0.3 is 14.2 Å². The molecular formula is C18H24N2O3S. The first-order valence-corrected chi connectivity index (χ1v) is 9.90. The predicted molar refractivity (Wildman–Crippen MR) is 92.8 cm³/mol. The fourth-order valence-electron chi connectivity index (χ4n) is 3.38. The van der Waals surface area contributed by atoms with E-state index in [1.807, 2.05) is 11.0 Å². The smallest absolute Gasteiger partial charge is 0.281 e. The SMILES string of the molecule is C[C@@H]1C[C@@H]1c1ccc(CN(C(=O)CCN2CCSC2=O)C2CC2)o1. The molecule has 1 aromatic rings. The van der Waals surface area contributed by atoms with Crippen molar-refractivity contribution in [2.24, 2.45) is 5.92 Å². The molecule has 0 bridgehead atoms. The molecule has 2 aliphatic carbocycles. The number of carbonyl (C=O) groups is 2. The maximum atomic E-state index is 12.6. The molecule has 6 heteroatoms. The highest BCUT2D eigenvalue weighted by Gasteiger charge is 2.37. The van der Waals surface area contributed by atoms with Crippen LogP contribution in [0.3, 0.4) is 0 Å². The van der Waals surface area contributed by atoms with Gasteiger partial charge in [-0.2, -0.15) is 0 Å². The summed E-state index contributed by atoms with van der Waals surface area (Å²) < 4.78 is 5.97. The van der Waals surface area contributed by atoms with Crippen LogP contribution in [0.25, 0.3) is 0 Å². The normalized spacial score (nSPS) is 26.0. The molecule has 0 unspecified atom stereocenters. The van der Waals surface area contributed by atoms with Gasteiger partial charge in [-0.1, -0.05) is 18.7 Å². The van der Waals surface area contributed by atoms with Crippen LogP contribution in [0.1, 0.15) is 50.0 Å². The van der Waals surface area contributed by atoms with Gasteiger partial charge in [0, 0.05) is 37.2 Å². The molecule has 2 saturated carbocycles. The fourth-order valence-corrected chi connectivity index (χ4v) is 4.23. The number of hydrogen-bond acceptors (Lipinski definition) is 4. The maximum absolute atomic E-state index is 12.6. The highest BCUT2D eigenvalue weighted by molar-refractivity contribution is 8.13. The lowest BCUT2D eigenvalue weighted by Crippen LogP contribution is -2.35. The zero-order chi connectivity index (χ0) is 16.7. The Bertz CT molecular complexity index is 640. The third-order valence-electron chi connectivity index (χ3n) is 5.23. The van der Waals surface area contributed by atoms with Gasteiger partial charge in [-0.3, -0.25) is 9.59 Å². The van der Waals surface area contributed by atoms with Crippen LogP contribution >= 0.6 is 11.8 Å². The molecule has 5 nitrogen and oxygen atoms in total. The zero-order valence-corrected chi connectivity index (χ0v) is 14.9. The fraction of sp³-hybridized carbons (Fsp3) is 0.667. The highest BCUT2D eigenvalue weighted by atomic mass is 32.2. The molecule has 1 aromatic heterocycles. The van der Waals surface area contributed by atoms with Crippen molar-refractivity contribution in [1.82, 2.24) is 9.80 Å². The number of carbonyl (C=O) groups excluding carboxylic acids is 2. The first-order valence-electron chi connectivity index (χ1n) is 8.91. The second-order valence-electron chi connectivity index (χ2n) is 7.23. The molecule has 24 heavy (non-hydrogen) atoms. The van der Waals surface area contributed by atoms with Gasteiger partial charge in [0.1, 0.15) is 11.5 Å². The third-order valence-corrected chi connectivity index (χ3v) is 6.12. The van der Waals surface area contributed by atoms with Crippen LogP contribution < -0.4 is 0 Å². The summed E-state index contributed by atoms with van der Waals surface area (Å²) in [5.41, 5.74) is 0. The lowest BCUT2D eigenvalue weighted by molar-refractivity contribution is -0.132. The van der Waals surface area contributed by atoms with Gasteiger partial charge in [-0.15, -0.1) is 0 Å². The summed E-state index contributed by atoms with van der Waals surface area (Å²) in [4.78, 5) is 28.0. The molecule has 4 rings (SSSR count). The minimum Gasteiger partial charge on any atom is -0.464 e. The second kappa shape index (κ2) is 6.47. The molecule has 2 amide bonds. The lowest BCUT2D eigenvalue weighted by Gasteiger charge is -2.23. The van der Waals surface area contributed by atoms with Crippen LogP contribution in [-0.2, 0) is 11.3 Å². The molecular weight excluding hydrogens is 324 g/mol. The molecule has 0 N–H and O–H groups in total. The number of thioether (sulfide) groups is 1. The predicted octanol–water partition coefficient (Wildman–Crippen LogP) is 3.45. The Labute approximate surface area is 146 Å². The van der Waals surface area contributed by atoms with Gasteiger partial charge >= 0.3 is 0 Å². The van der Waals surface area contributed by atoms with Gasteiger partial charge in [0.05, 0.1) is 6.54 Å². The van der Waals surface area contributed by atoms with E-state index in [9.17, 15) is 9.59 Å². The largest absolute Gasteiger partial charge is 0.464 e. The summed E-state index contributed by atoms with van der Waals surface area (Å²) in [6.07, 6.45) is 3.78. The van der Waals surface area contributed by atoms with Crippen molar-refractivity contribution in [3.8, 4) is 0 Å². The molecule has 0 aromatic carbocycles. The van der Waals surface area contributed by atoms with E-state index in [0.717, 1.165) is 42.6 Å². The molecule has 3 fully saturated rings. The Kier molecular flexibility index (Phi) is 4.33. The first-order chi connectivity index (χ1) is 11.6. The van der Waals surface area contributed by atoms with Crippen molar-refractivity contribution in [3.63, 3.8) is 0 Å². The number of rotatable bonds is 7. The number of nitrogens with zero attached hydrogens (tertiary/aromatic N) is 2. The summed E-state index contributed by atoms with van der Waals surface area (Å²) in [5.74, 6) is 4.23. The first kappa shape index (κ1) is 16.1. The van der Waals surface area contributed by atoms with Gasteiger partial charge in [0.15, 0.2) is 0 Å². The van der Waals surface area contributed by atoms with Gasteiger partial charge in [-0.05, 0) is 37.3 Å². The maximum Gasteiger partial charge on any atom is 0.281 e. The van der Waals surface area contributed by atoms with Crippen molar-refractivity contribution >= 4 is 22.9 Å². The van der Waals surface area contributed by atoms with Crippen LogP contribution in [0.2, 0.25) is 0 Å². The van der Waals surface area contributed by atoms with Crippen molar-refractivity contribution in [3.05, 3.63) is 23.7 Å². The van der Waals surface area contributed by atoms with E-state index in [1.54, 1.807) is 4.90 Å². The molecule has 0 radical (unpaired) electrons. The van der Waals surface area contributed by atoms with E-state index in [4.69, 9.17) is 4.42 Å². The third kappa shape index (κ3) is 3.48. The van der Waals surface area contributed by atoms with Crippen LogP contribution in [0.15, 0.2) is 16.5 Å². The van der Waals surface area contributed by atoms with Crippen LogP contribution in [0, 0.1) is 5.92 Å². The summed E-state index contributed by atoms with van der Waals surface area (Å²) in [6, 6.07) is 4.44. The molecule has 1 saturated heterocycles. The Hall–Kier alpha value is -1.43. The van der Waals surface area contributed by atoms with Gasteiger partial charge in [0.2, 0.25) is 5.91 Å². The number of amides is 2. The summed E-state index contributed by atoms with van der Waals surface area (Å²) >= 11 is 1.35. The summed E-state index contributed by atoms with van der Waals surface area (Å²) in [7, 11) is 0. The van der Waals surface area contributed by atoms with E-state index >= 15 is 0 Å². The van der Waals surface area contributed by atoms with E-state index in [1.165, 1.54) is 18.2 Å². The lowest BCUT2D eigenvalue weighted by atomic mass is 10.2.